The lowest BCUT2D eigenvalue weighted by molar-refractivity contribution is 0.453. The van der Waals surface area contributed by atoms with Crippen molar-refractivity contribution in [1.82, 2.24) is 15.3 Å². The first-order chi connectivity index (χ1) is 9.33. The number of aromatic nitrogens is 2. The lowest BCUT2D eigenvalue weighted by Gasteiger charge is -2.22. The van der Waals surface area contributed by atoms with Crippen LogP contribution >= 0.6 is 0 Å². The van der Waals surface area contributed by atoms with Crippen LogP contribution in [0.5, 0.6) is 0 Å². The van der Waals surface area contributed by atoms with Crippen molar-refractivity contribution >= 4 is 0 Å². The van der Waals surface area contributed by atoms with Crippen molar-refractivity contribution < 1.29 is 0 Å². The first-order valence-corrected chi connectivity index (χ1v) is 6.94. The summed E-state index contributed by atoms with van der Waals surface area (Å²) in [7, 11) is 0. The van der Waals surface area contributed by atoms with Gasteiger partial charge in [0.15, 0.2) is 0 Å². The Labute approximate surface area is 114 Å². The Morgan fingerprint density at radius 3 is 2.74 bits per heavy atom. The molecule has 1 aliphatic rings. The van der Waals surface area contributed by atoms with Gasteiger partial charge in [-0.05, 0) is 32.4 Å². The standard InChI is InChI=1S/C16H19N3/c1-12-18-15(13-6-3-2-4-7-13)10-16(19-12)14-8-5-9-17-11-14/h2-4,6-7,10,14,17H,5,8-9,11H2,1H3. The van der Waals surface area contributed by atoms with Crippen LogP contribution in [0.1, 0.15) is 30.3 Å². The van der Waals surface area contributed by atoms with Gasteiger partial charge in [-0.2, -0.15) is 0 Å². The van der Waals surface area contributed by atoms with Gasteiger partial charge in [-0.1, -0.05) is 30.3 Å². The Bertz CT molecular complexity index is 545. The zero-order valence-electron chi connectivity index (χ0n) is 11.3. The Hall–Kier alpha value is -1.74. The second-order valence-corrected chi connectivity index (χ2v) is 5.13. The monoisotopic (exact) mass is 253 g/mol. The Morgan fingerprint density at radius 2 is 2.00 bits per heavy atom. The predicted octanol–water partition coefficient (Wildman–Crippen LogP) is 2.92. The molecule has 98 valence electrons. The van der Waals surface area contributed by atoms with Gasteiger partial charge < -0.3 is 5.32 Å². The van der Waals surface area contributed by atoms with E-state index in [4.69, 9.17) is 0 Å². The number of rotatable bonds is 2. The summed E-state index contributed by atoms with van der Waals surface area (Å²) in [5.74, 6) is 1.39. The summed E-state index contributed by atoms with van der Waals surface area (Å²) < 4.78 is 0. The molecule has 1 N–H and O–H groups in total. The van der Waals surface area contributed by atoms with E-state index in [1.165, 1.54) is 18.5 Å². The molecule has 3 rings (SSSR count). The first kappa shape index (κ1) is 12.3. The van der Waals surface area contributed by atoms with Gasteiger partial charge in [0.2, 0.25) is 0 Å². The molecule has 0 amide bonds. The fourth-order valence-corrected chi connectivity index (χ4v) is 2.66. The molecule has 1 saturated heterocycles. The Morgan fingerprint density at radius 1 is 1.16 bits per heavy atom. The van der Waals surface area contributed by atoms with Gasteiger partial charge in [0.1, 0.15) is 5.82 Å². The van der Waals surface area contributed by atoms with Crippen molar-refractivity contribution in [3.8, 4) is 11.3 Å². The summed E-state index contributed by atoms with van der Waals surface area (Å²) in [4.78, 5) is 9.20. The zero-order valence-corrected chi connectivity index (χ0v) is 11.3. The van der Waals surface area contributed by atoms with Crippen LogP contribution in [0.2, 0.25) is 0 Å². The summed E-state index contributed by atoms with van der Waals surface area (Å²) in [5.41, 5.74) is 3.38. The molecule has 1 aliphatic heterocycles. The quantitative estimate of drug-likeness (QED) is 0.894. The van der Waals surface area contributed by atoms with E-state index in [9.17, 15) is 0 Å². The fraction of sp³-hybridized carbons (Fsp3) is 0.375. The summed E-state index contributed by atoms with van der Waals surface area (Å²) in [5, 5.41) is 3.45. The van der Waals surface area contributed by atoms with E-state index < -0.39 is 0 Å². The van der Waals surface area contributed by atoms with Gasteiger partial charge >= 0.3 is 0 Å². The van der Waals surface area contributed by atoms with Crippen LogP contribution in [0.4, 0.5) is 0 Å². The molecule has 1 aromatic heterocycles. The minimum absolute atomic E-state index is 0.526. The summed E-state index contributed by atoms with van der Waals surface area (Å²) in [6.45, 7) is 4.14. The number of hydrogen-bond donors (Lipinski definition) is 1. The van der Waals surface area contributed by atoms with Crippen LogP contribution in [0.3, 0.4) is 0 Å². The molecular weight excluding hydrogens is 234 g/mol. The molecule has 0 spiro atoms. The van der Waals surface area contributed by atoms with E-state index >= 15 is 0 Å². The van der Waals surface area contributed by atoms with Crippen LogP contribution in [-0.2, 0) is 0 Å². The minimum Gasteiger partial charge on any atom is -0.316 e. The maximum Gasteiger partial charge on any atom is 0.126 e. The largest absolute Gasteiger partial charge is 0.316 e. The number of piperidine rings is 1. The fourth-order valence-electron chi connectivity index (χ4n) is 2.66. The molecule has 1 unspecified atom stereocenters. The van der Waals surface area contributed by atoms with Crippen LogP contribution in [0.15, 0.2) is 36.4 Å². The highest BCUT2D eigenvalue weighted by atomic mass is 14.9. The van der Waals surface area contributed by atoms with Gasteiger partial charge in [0.05, 0.1) is 5.69 Å². The van der Waals surface area contributed by atoms with Gasteiger partial charge in [0, 0.05) is 23.7 Å². The summed E-state index contributed by atoms with van der Waals surface area (Å²) >= 11 is 0. The molecule has 0 saturated carbocycles. The normalized spacial score (nSPS) is 19.3. The molecular formula is C16H19N3. The van der Waals surface area contributed by atoms with Crippen molar-refractivity contribution in [1.29, 1.82) is 0 Å². The number of nitrogens with zero attached hydrogens (tertiary/aromatic N) is 2. The lowest BCUT2D eigenvalue weighted by Crippen LogP contribution is -2.29. The molecule has 3 heteroatoms. The van der Waals surface area contributed by atoms with E-state index in [-0.39, 0.29) is 0 Å². The summed E-state index contributed by atoms with van der Waals surface area (Å²) in [6.07, 6.45) is 2.45. The molecule has 0 radical (unpaired) electrons. The lowest BCUT2D eigenvalue weighted by atomic mass is 9.95. The van der Waals surface area contributed by atoms with E-state index in [1.54, 1.807) is 0 Å². The SMILES string of the molecule is Cc1nc(-c2ccccc2)cc(C2CCCNC2)n1. The first-order valence-electron chi connectivity index (χ1n) is 6.94. The number of nitrogens with one attached hydrogen (secondary N) is 1. The zero-order chi connectivity index (χ0) is 13.1. The number of benzene rings is 1. The van der Waals surface area contributed by atoms with E-state index in [0.717, 1.165) is 30.2 Å². The minimum atomic E-state index is 0.526. The third-order valence-corrected chi connectivity index (χ3v) is 3.64. The van der Waals surface area contributed by atoms with E-state index in [1.807, 2.05) is 13.0 Å². The van der Waals surface area contributed by atoms with Gasteiger partial charge in [-0.3, -0.25) is 0 Å². The third-order valence-electron chi connectivity index (χ3n) is 3.64. The molecule has 3 nitrogen and oxygen atoms in total. The van der Waals surface area contributed by atoms with Crippen molar-refractivity contribution in [2.24, 2.45) is 0 Å². The van der Waals surface area contributed by atoms with E-state index in [0.29, 0.717) is 5.92 Å². The van der Waals surface area contributed by atoms with Crippen LogP contribution < -0.4 is 5.32 Å². The van der Waals surface area contributed by atoms with Crippen molar-refractivity contribution in [3.05, 3.63) is 47.9 Å². The van der Waals surface area contributed by atoms with Crippen LogP contribution in [0, 0.1) is 6.92 Å². The van der Waals surface area contributed by atoms with Crippen molar-refractivity contribution in [2.75, 3.05) is 13.1 Å². The predicted molar refractivity (Wildman–Crippen MR) is 77.0 cm³/mol. The van der Waals surface area contributed by atoms with E-state index in [2.05, 4.69) is 45.6 Å². The molecule has 0 bridgehead atoms. The smallest absolute Gasteiger partial charge is 0.126 e. The molecule has 0 aliphatic carbocycles. The molecule has 19 heavy (non-hydrogen) atoms. The highest BCUT2D eigenvalue weighted by molar-refractivity contribution is 5.59. The van der Waals surface area contributed by atoms with Crippen molar-refractivity contribution in [3.63, 3.8) is 0 Å². The van der Waals surface area contributed by atoms with Crippen LogP contribution in [0.25, 0.3) is 11.3 Å². The number of aryl methyl sites for hydroxylation is 1. The maximum absolute atomic E-state index is 4.63. The third kappa shape index (κ3) is 2.82. The molecule has 1 aromatic carbocycles. The molecule has 2 heterocycles. The van der Waals surface area contributed by atoms with Gasteiger partial charge in [0.25, 0.3) is 0 Å². The molecule has 1 fully saturated rings. The van der Waals surface area contributed by atoms with Crippen LogP contribution in [-0.4, -0.2) is 23.1 Å². The average Bonchev–Trinajstić information content (AvgIpc) is 2.48. The highest BCUT2D eigenvalue weighted by Gasteiger charge is 2.17. The number of hydrogen-bond acceptors (Lipinski definition) is 3. The highest BCUT2D eigenvalue weighted by Crippen LogP contribution is 2.25. The summed E-state index contributed by atoms with van der Waals surface area (Å²) in [6, 6.07) is 12.5. The molecule has 1 atom stereocenters. The topological polar surface area (TPSA) is 37.8 Å². The van der Waals surface area contributed by atoms with Gasteiger partial charge in [-0.15, -0.1) is 0 Å². The molecule has 2 aromatic rings. The Kier molecular flexibility index (Phi) is 3.56. The Balaban J connectivity index is 1.96. The average molecular weight is 253 g/mol. The second kappa shape index (κ2) is 5.49. The maximum atomic E-state index is 4.63. The second-order valence-electron chi connectivity index (χ2n) is 5.13. The van der Waals surface area contributed by atoms with Gasteiger partial charge in [-0.25, -0.2) is 9.97 Å². The van der Waals surface area contributed by atoms with Crippen molar-refractivity contribution in [2.45, 2.75) is 25.7 Å².